The van der Waals surface area contributed by atoms with Crippen LogP contribution >= 0.6 is 0 Å². The molecule has 0 unspecified atom stereocenters. The highest BCUT2D eigenvalue weighted by molar-refractivity contribution is 5.25. The summed E-state index contributed by atoms with van der Waals surface area (Å²) in [6, 6.07) is 5.64. The van der Waals surface area contributed by atoms with Crippen molar-refractivity contribution in [2.24, 2.45) is 0 Å². The van der Waals surface area contributed by atoms with Crippen molar-refractivity contribution in [3.8, 4) is 0 Å². The molecule has 4 heteroatoms. The number of hydrogen-bond acceptors (Lipinski definition) is 1. The molecule has 1 nitrogen and oxygen atoms in total. The van der Waals surface area contributed by atoms with Gasteiger partial charge in [-0.05, 0) is 37.3 Å². The van der Waals surface area contributed by atoms with Crippen molar-refractivity contribution < 1.29 is 17.9 Å². The largest absolute Gasteiger partial charge is 0.416 e. The van der Waals surface area contributed by atoms with Gasteiger partial charge in [-0.2, -0.15) is 13.2 Å². The predicted octanol–water partition coefficient (Wildman–Crippen LogP) is 6.22. The van der Waals surface area contributed by atoms with Crippen molar-refractivity contribution in [3.05, 3.63) is 42.3 Å². The zero-order chi connectivity index (χ0) is 17.0. The Kier molecular flexibility index (Phi) is 10.0. The van der Waals surface area contributed by atoms with E-state index in [9.17, 15) is 13.2 Å². The molecule has 1 rings (SSSR count). The number of hydrogen-bond donors (Lipinski definition) is 0. The molecule has 0 aromatic heterocycles. The molecule has 131 valence electrons. The maximum Gasteiger partial charge on any atom is 0.416 e. The first-order valence-corrected chi connectivity index (χ1v) is 8.57. The fourth-order valence-electron chi connectivity index (χ4n) is 2.45. The lowest BCUT2D eigenvalue weighted by molar-refractivity contribution is -0.137. The number of aryl methyl sites for hydroxylation is 1. The lowest BCUT2D eigenvalue weighted by Crippen LogP contribution is -2.05. The molecule has 0 N–H and O–H groups in total. The second-order valence-electron chi connectivity index (χ2n) is 5.89. The highest BCUT2D eigenvalue weighted by Crippen LogP contribution is 2.29. The van der Waals surface area contributed by atoms with E-state index < -0.39 is 11.7 Å². The number of unbranched alkanes of at least 4 members (excludes halogenated alkanes) is 6. The van der Waals surface area contributed by atoms with E-state index in [2.05, 4.69) is 6.92 Å². The number of rotatable bonds is 12. The number of ether oxygens (including phenoxy) is 1. The van der Waals surface area contributed by atoms with E-state index in [0.717, 1.165) is 63.4 Å². The SMILES string of the molecule is [CH2]CCCCCOCCCCCCc1cccc(C(F)(F)F)c1. The Bertz CT molecular complexity index is 415. The lowest BCUT2D eigenvalue weighted by Gasteiger charge is -2.08. The second-order valence-corrected chi connectivity index (χ2v) is 5.89. The third-order valence-electron chi connectivity index (χ3n) is 3.80. The van der Waals surface area contributed by atoms with Gasteiger partial charge in [0.15, 0.2) is 0 Å². The van der Waals surface area contributed by atoms with E-state index in [1.165, 1.54) is 25.0 Å². The van der Waals surface area contributed by atoms with Gasteiger partial charge in [-0.15, -0.1) is 0 Å². The Hall–Kier alpha value is -1.03. The highest BCUT2D eigenvalue weighted by atomic mass is 19.4. The van der Waals surface area contributed by atoms with E-state index >= 15 is 0 Å². The number of benzene rings is 1. The van der Waals surface area contributed by atoms with Crippen LogP contribution in [0.4, 0.5) is 13.2 Å². The van der Waals surface area contributed by atoms with Gasteiger partial charge < -0.3 is 4.74 Å². The van der Waals surface area contributed by atoms with Crippen molar-refractivity contribution in [1.82, 2.24) is 0 Å². The van der Waals surface area contributed by atoms with Gasteiger partial charge in [-0.1, -0.05) is 57.2 Å². The molecular weight excluding hydrogens is 301 g/mol. The van der Waals surface area contributed by atoms with Crippen LogP contribution in [0.1, 0.15) is 62.5 Å². The van der Waals surface area contributed by atoms with Gasteiger partial charge in [-0.25, -0.2) is 0 Å². The molecule has 1 aromatic carbocycles. The second kappa shape index (κ2) is 11.5. The fourth-order valence-corrected chi connectivity index (χ4v) is 2.45. The van der Waals surface area contributed by atoms with E-state index in [1.807, 2.05) is 0 Å². The third-order valence-corrected chi connectivity index (χ3v) is 3.80. The molecule has 0 fully saturated rings. The van der Waals surface area contributed by atoms with E-state index in [-0.39, 0.29) is 0 Å². The monoisotopic (exact) mass is 329 g/mol. The maximum atomic E-state index is 12.6. The molecule has 23 heavy (non-hydrogen) atoms. The minimum atomic E-state index is -4.25. The minimum Gasteiger partial charge on any atom is -0.381 e. The average Bonchev–Trinajstić information content (AvgIpc) is 2.52. The number of alkyl halides is 3. The first-order chi connectivity index (χ1) is 11.0. The molecule has 0 aliphatic carbocycles. The summed E-state index contributed by atoms with van der Waals surface area (Å²) in [6.07, 6.45) is 4.94. The standard InChI is InChI=1S/C19H28F3O/c1-2-3-4-8-14-23-15-9-6-5-7-11-17-12-10-13-18(16-17)19(20,21)22/h10,12-13,16H,1-9,11,14-15H2. The summed E-state index contributed by atoms with van der Waals surface area (Å²) in [4.78, 5) is 0. The molecule has 0 bridgehead atoms. The number of halogens is 3. The maximum absolute atomic E-state index is 12.6. The summed E-state index contributed by atoms with van der Waals surface area (Å²) in [6.45, 7) is 5.41. The Labute approximate surface area is 138 Å². The van der Waals surface area contributed by atoms with Gasteiger partial charge in [0, 0.05) is 13.2 Å². The first-order valence-electron chi connectivity index (χ1n) is 8.57. The van der Waals surface area contributed by atoms with Gasteiger partial charge in [0.05, 0.1) is 5.56 Å². The molecule has 0 saturated carbocycles. The lowest BCUT2D eigenvalue weighted by atomic mass is 10.0. The van der Waals surface area contributed by atoms with Gasteiger partial charge in [-0.3, -0.25) is 0 Å². The van der Waals surface area contributed by atoms with Gasteiger partial charge in [0.2, 0.25) is 0 Å². The summed E-state index contributed by atoms with van der Waals surface area (Å²) in [5.41, 5.74) is 0.212. The van der Waals surface area contributed by atoms with Gasteiger partial charge >= 0.3 is 6.18 Å². The predicted molar refractivity (Wildman–Crippen MR) is 88.3 cm³/mol. The van der Waals surface area contributed by atoms with Crippen molar-refractivity contribution in [1.29, 1.82) is 0 Å². The van der Waals surface area contributed by atoms with Crippen molar-refractivity contribution in [3.63, 3.8) is 0 Å². The highest BCUT2D eigenvalue weighted by Gasteiger charge is 2.30. The van der Waals surface area contributed by atoms with Crippen LogP contribution in [0.5, 0.6) is 0 Å². The zero-order valence-electron chi connectivity index (χ0n) is 13.8. The van der Waals surface area contributed by atoms with Crippen LogP contribution in [0.25, 0.3) is 0 Å². The smallest absolute Gasteiger partial charge is 0.381 e. The normalized spacial score (nSPS) is 11.8. The van der Waals surface area contributed by atoms with E-state index in [0.29, 0.717) is 6.42 Å². The summed E-state index contributed by atoms with van der Waals surface area (Å²) < 4.78 is 43.4. The summed E-state index contributed by atoms with van der Waals surface area (Å²) in [5.74, 6) is 0. The molecule has 1 aromatic rings. The van der Waals surface area contributed by atoms with Gasteiger partial charge in [0.25, 0.3) is 0 Å². The van der Waals surface area contributed by atoms with Crippen LogP contribution in [0.2, 0.25) is 0 Å². The van der Waals surface area contributed by atoms with E-state index in [1.54, 1.807) is 6.07 Å². The molecule has 0 heterocycles. The van der Waals surface area contributed by atoms with Crippen LogP contribution in [-0.2, 0) is 17.3 Å². The molecule has 0 aliphatic heterocycles. The van der Waals surface area contributed by atoms with Crippen LogP contribution < -0.4 is 0 Å². The molecular formula is C19H28F3O. The quantitative estimate of drug-likeness (QED) is 0.414. The molecule has 0 atom stereocenters. The Morgan fingerprint density at radius 2 is 1.52 bits per heavy atom. The minimum absolute atomic E-state index is 0.553. The first kappa shape index (κ1) is 20.0. The average molecular weight is 329 g/mol. The van der Waals surface area contributed by atoms with Crippen LogP contribution in [0.15, 0.2) is 24.3 Å². The summed E-state index contributed by atoms with van der Waals surface area (Å²) in [5, 5.41) is 0. The van der Waals surface area contributed by atoms with Gasteiger partial charge in [0.1, 0.15) is 0 Å². The zero-order valence-corrected chi connectivity index (χ0v) is 13.8. The van der Waals surface area contributed by atoms with E-state index in [4.69, 9.17) is 4.74 Å². The van der Waals surface area contributed by atoms with Crippen LogP contribution in [-0.4, -0.2) is 13.2 Å². The van der Waals surface area contributed by atoms with Crippen molar-refractivity contribution >= 4 is 0 Å². The summed E-state index contributed by atoms with van der Waals surface area (Å²) >= 11 is 0. The topological polar surface area (TPSA) is 9.23 Å². The molecule has 0 saturated heterocycles. The Balaban J connectivity index is 2.03. The van der Waals surface area contributed by atoms with Crippen LogP contribution in [0, 0.1) is 6.92 Å². The third kappa shape index (κ3) is 9.65. The van der Waals surface area contributed by atoms with Crippen molar-refractivity contribution in [2.75, 3.05) is 13.2 Å². The van der Waals surface area contributed by atoms with Crippen LogP contribution in [0.3, 0.4) is 0 Å². The Morgan fingerprint density at radius 1 is 0.870 bits per heavy atom. The molecule has 1 radical (unpaired) electrons. The molecule has 0 amide bonds. The van der Waals surface area contributed by atoms with Crippen molar-refractivity contribution in [2.45, 2.75) is 64.0 Å². The fraction of sp³-hybridized carbons (Fsp3) is 0.632. The summed E-state index contributed by atoms with van der Waals surface area (Å²) in [7, 11) is 0. The Morgan fingerprint density at radius 3 is 2.17 bits per heavy atom. The molecule has 0 aliphatic rings. The molecule has 0 spiro atoms.